The van der Waals surface area contributed by atoms with Gasteiger partial charge in [-0.1, -0.05) is 12.1 Å². The Kier molecular flexibility index (Phi) is 5.53. The number of rotatable bonds is 7. The topological polar surface area (TPSA) is 78.3 Å². The predicted octanol–water partition coefficient (Wildman–Crippen LogP) is 4.20. The van der Waals surface area contributed by atoms with E-state index < -0.39 is 0 Å². The molecule has 32 heavy (non-hydrogen) atoms. The molecule has 1 aliphatic heterocycles. The largest absolute Gasteiger partial charge is 0.494 e. The smallest absolute Gasteiger partial charge is 0.240 e. The van der Waals surface area contributed by atoms with Gasteiger partial charge >= 0.3 is 0 Å². The second kappa shape index (κ2) is 8.63. The van der Waals surface area contributed by atoms with Crippen molar-refractivity contribution in [2.45, 2.75) is 39.5 Å². The van der Waals surface area contributed by atoms with Gasteiger partial charge in [0, 0.05) is 29.5 Å². The third-order valence-electron chi connectivity index (χ3n) is 5.47. The van der Waals surface area contributed by atoms with Crippen molar-refractivity contribution in [1.82, 2.24) is 19.9 Å². The van der Waals surface area contributed by atoms with E-state index in [1.54, 1.807) is 5.51 Å². The summed E-state index contributed by atoms with van der Waals surface area (Å²) in [6, 6.07) is 11.8. The molecule has 0 radical (unpaired) electrons. The molecular weight excluding hydrogens is 424 g/mol. The van der Waals surface area contributed by atoms with Gasteiger partial charge in [-0.05, 0) is 38.1 Å². The third-order valence-corrected chi connectivity index (χ3v) is 6.06. The number of nitrogens with one attached hydrogen (secondary N) is 1. The highest BCUT2D eigenvalue weighted by Gasteiger charge is 2.22. The van der Waals surface area contributed by atoms with Crippen molar-refractivity contribution >= 4 is 28.3 Å². The van der Waals surface area contributed by atoms with E-state index in [0.29, 0.717) is 19.0 Å². The molecule has 1 unspecified atom stereocenters. The van der Waals surface area contributed by atoms with Gasteiger partial charge in [-0.3, -0.25) is 4.79 Å². The Labute approximate surface area is 190 Å². The number of thiazole rings is 1. The maximum Gasteiger partial charge on any atom is 0.240 e. The zero-order chi connectivity index (χ0) is 22.1. The van der Waals surface area contributed by atoms with Crippen LogP contribution >= 0.6 is 11.3 Å². The highest BCUT2D eigenvalue weighted by molar-refractivity contribution is 7.07. The first-order valence-electron chi connectivity index (χ1n) is 10.7. The summed E-state index contributed by atoms with van der Waals surface area (Å²) in [5, 5.41) is 4.97. The number of benzene rings is 2. The molecule has 5 rings (SSSR count). The van der Waals surface area contributed by atoms with E-state index in [1.165, 1.54) is 11.3 Å². The molecule has 0 saturated carbocycles. The standard InChI is InChI=1S/C24H24N4O3S/c1-3-30-21-9-16-8-15(2)31-22(16)10-17(21)11-25-23(29)12-28-20-7-5-4-6-18(20)27-24(28)19-13-32-14-26-19/h4-7,9-10,13-15H,3,8,11-12H2,1-2H3,(H,25,29). The van der Waals surface area contributed by atoms with Gasteiger partial charge in [0.25, 0.3) is 0 Å². The normalized spacial score (nSPS) is 14.9. The lowest BCUT2D eigenvalue weighted by Crippen LogP contribution is -2.27. The van der Waals surface area contributed by atoms with Crippen LogP contribution in [0.2, 0.25) is 0 Å². The number of ether oxygens (including phenoxy) is 2. The molecule has 3 heterocycles. The fourth-order valence-electron chi connectivity index (χ4n) is 4.06. The minimum Gasteiger partial charge on any atom is -0.494 e. The van der Waals surface area contributed by atoms with E-state index in [4.69, 9.17) is 14.5 Å². The molecule has 1 N–H and O–H groups in total. The van der Waals surface area contributed by atoms with Gasteiger partial charge in [-0.15, -0.1) is 11.3 Å². The Morgan fingerprint density at radius 1 is 1.34 bits per heavy atom. The zero-order valence-corrected chi connectivity index (χ0v) is 18.8. The highest BCUT2D eigenvalue weighted by Crippen LogP contribution is 2.35. The number of para-hydroxylation sites is 2. The summed E-state index contributed by atoms with van der Waals surface area (Å²) in [5.74, 6) is 2.25. The number of amides is 1. The second-order valence-corrected chi connectivity index (χ2v) is 8.51. The van der Waals surface area contributed by atoms with Crippen LogP contribution in [-0.4, -0.2) is 33.2 Å². The summed E-state index contributed by atoms with van der Waals surface area (Å²) in [5.41, 5.74) is 6.33. The molecule has 2 aromatic heterocycles. The fraction of sp³-hybridized carbons (Fsp3) is 0.292. The van der Waals surface area contributed by atoms with Crippen molar-refractivity contribution in [2.24, 2.45) is 0 Å². The summed E-state index contributed by atoms with van der Waals surface area (Å²) in [6.45, 7) is 5.08. The molecule has 0 spiro atoms. The summed E-state index contributed by atoms with van der Waals surface area (Å²) < 4.78 is 13.6. The van der Waals surface area contributed by atoms with Crippen LogP contribution in [0.5, 0.6) is 11.5 Å². The number of hydrogen-bond donors (Lipinski definition) is 1. The molecule has 2 aromatic carbocycles. The lowest BCUT2D eigenvalue weighted by Gasteiger charge is -2.14. The highest BCUT2D eigenvalue weighted by atomic mass is 32.1. The van der Waals surface area contributed by atoms with Crippen LogP contribution in [-0.2, 0) is 24.3 Å². The van der Waals surface area contributed by atoms with Crippen LogP contribution < -0.4 is 14.8 Å². The van der Waals surface area contributed by atoms with Crippen molar-refractivity contribution < 1.29 is 14.3 Å². The molecule has 1 atom stereocenters. The number of fused-ring (bicyclic) bond motifs is 2. The van der Waals surface area contributed by atoms with E-state index in [2.05, 4.69) is 17.2 Å². The SMILES string of the molecule is CCOc1cc2c(cc1CNC(=O)Cn1c(-c3cscn3)nc3ccccc31)OC(C)C2. The molecule has 7 nitrogen and oxygen atoms in total. The van der Waals surface area contributed by atoms with Gasteiger partial charge in [0.05, 0.1) is 23.2 Å². The number of nitrogens with zero attached hydrogens (tertiary/aromatic N) is 3. The van der Waals surface area contributed by atoms with Crippen LogP contribution in [0.1, 0.15) is 25.0 Å². The van der Waals surface area contributed by atoms with E-state index in [-0.39, 0.29) is 18.6 Å². The van der Waals surface area contributed by atoms with Crippen LogP contribution in [0.15, 0.2) is 47.3 Å². The maximum absolute atomic E-state index is 13.0. The lowest BCUT2D eigenvalue weighted by atomic mass is 10.1. The van der Waals surface area contributed by atoms with Gasteiger partial charge in [0.15, 0.2) is 5.82 Å². The van der Waals surface area contributed by atoms with Gasteiger partial charge in [-0.25, -0.2) is 9.97 Å². The Balaban J connectivity index is 1.37. The van der Waals surface area contributed by atoms with Crippen molar-refractivity contribution in [3.8, 4) is 23.0 Å². The first kappa shape index (κ1) is 20.5. The molecule has 1 aliphatic rings. The molecule has 4 aromatic rings. The monoisotopic (exact) mass is 448 g/mol. The summed E-state index contributed by atoms with van der Waals surface area (Å²) >= 11 is 1.50. The average molecular weight is 449 g/mol. The Morgan fingerprint density at radius 3 is 3.03 bits per heavy atom. The Morgan fingerprint density at radius 2 is 2.22 bits per heavy atom. The molecule has 0 bridgehead atoms. The summed E-state index contributed by atoms with van der Waals surface area (Å²) in [6.07, 6.45) is 1.03. The van der Waals surface area contributed by atoms with Crippen LogP contribution in [0.3, 0.4) is 0 Å². The molecule has 0 aliphatic carbocycles. The molecule has 8 heteroatoms. The van der Waals surface area contributed by atoms with Gasteiger partial charge in [-0.2, -0.15) is 0 Å². The molecule has 164 valence electrons. The molecule has 0 fully saturated rings. The van der Waals surface area contributed by atoms with Crippen LogP contribution in [0.4, 0.5) is 0 Å². The first-order chi connectivity index (χ1) is 15.6. The van der Waals surface area contributed by atoms with E-state index in [1.807, 2.05) is 53.3 Å². The maximum atomic E-state index is 13.0. The predicted molar refractivity (Wildman–Crippen MR) is 124 cm³/mol. The summed E-state index contributed by atoms with van der Waals surface area (Å²) in [7, 11) is 0. The number of carbonyl (C=O) groups is 1. The fourth-order valence-corrected chi connectivity index (χ4v) is 4.59. The average Bonchev–Trinajstić information content (AvgIpc) is 3.51. The van der Waals surface area contributed by atoms with E-state index in [9.17, 15) is 4.79 Å². The van der Waals surface area contributed by atoms with E-state index >= 15 is 0 Å². The summed E-state index contributed by atoms with van der Waals surface area (Å²) in [4.78, 5) is 22.0. The van der Waals surface area contributed by atoms with Gasteiger partial charge in [0.1, 0.15) is 29.8 Å². The number of aromatic nitrogens is 3. The first-order valence-corrected chi connectivity index (χ1v) is 11.6. The van der Waals surface area contributed by atoms with E-state index in [0.717, 1.165) is 45.8 Å². The Bertz CT molecular complexity index is 1270. The van der Waals surface area contributed by atoms with Gasteiger partial charge in [0.2, 0.25) is 5.91 Å². The van der Waals surface area contributed by atoms with Crippen molar-refractivity contribution in [2.75, 3.05) is 6.61 Å². The minimum atomic E-state index is -0.109. The van der Waals surface area contributed by atoms with Crippen LogP contribution in [0, 0.1) is 0 Å². The second-order valence-electron chi connectivity index (χ2n) is 7.79. The minimum absolute atomic E-state index is 0.109. The van der Waals surface area contributed by atoms with Crippen molar-refractivity contribution in [3.63, 3.8) is 0 Å². The number of imidazole rings is 1. The molecule has 0 saturated heterocycles. The number of hydrogen-bond acceptors (Lipinski definition) is 6. The van der Waals surface area contributed by atoms with Crippen molar-refractivity contribution in [3.05, 3.63) is 58.4 Å². The van der Waals surface area contributed by atoms with Crippen LogP contribution in [0.25, 0.3) is 22.6 Å². The zero-order valence-electron chi connectivity index (χ0n) is 18.0. The number of carbonyl (C=O) groups excluding carboxylic acids is 1. The molecular formula is C24H24N4O3S. The van der Waals surface area contributed by atoms with Gasteiger partial charge < -0.3 is 19.4 Å². The molecule has 1 amide bonds. The Hall–Kier alpha value is -3.39. The lowest BCUT2D eigenvalue weighted by molar-refractivity contribution is -0.121. The van der Waals surface area contributed by atoms with Crippen molar-refractivity contribution in [1.29, 1.82) is 0 Å². The quantitative estimate of drug-likeness (QED) is 0.459. The third kappa shape index (κ3) is 3.93.